The lowest BCUT2D eigenvalue weighted by Crippen LogP contribution is -2.35. The Morgan fingerprint density at radius 1 is 1.14 bits per heavy atom. The van der Waals surface area contributed by atoms with Crippen molar-refractivity contribution in [2.75, 3.05) is 13.2 Å². The predicted molar refractivity (Wildman–Crippen MR) is 83.3 cm³/mol. The Morgan fingerprint density at radius 2 is 1.82 bits per heavy atom. The molecule has 3 rings (SSSR count). The number of carbonyl (C=O) groups excluding carboxylic acids is 1. The summed E-state index contributed by atoms with van der Waals surface area (Å²) in [6.45, 7) is 5.80. The standard InChI is InChI=1S/C18H18O4/c1-12(2)17(19)22-14-10-20-18(21-11-14)16-9-5-7-13-6-3-4-8-15(13)16/h3-9,14,18H,1,10-11H2,2H3. The zero-order valence-corrected chi connectivity index (χ0v) is 12.5. The molecule has 114 valence electrons. The predicted octanol–water partition coefficient (Wildman–Crippen LogP) is 3.37. The summed E-state index contributed by atoms with van der Waals surface area (Å²) in [4.78, 5) is 11.5. The van der Waals surface area contributed by atoms with E-state index in [4.69, 9.17) is 14.2 Å². The summed E-state index contributed by atoms with van der Waals surface area (Å²) in [6, 6.07) is 14.1. The Kier molecular flexibility index (Phi) is 4.22. The molecule has 0 radical (unpaired) electrons. The molecular formula is C18H18O4. The lowest BCUT2D eigenvalue weighted by molar-refractivity contribution is -0.227. The van der Waals surface area contributed by atoms with Crippen LogP contribution >= 0.6 is 0 Å². The number of carbonyl (C=O) groups is 1. The van der Waals surface area contributed by atoms with Crippen molar-refractivity contribution in [3.63, 3.8) is 0 Å². The Bertz CT molecular complexity index is 694. The number of rotatable bonds is 3. The zero-order valence-electron chi connectivity index (χ0n) is 12.5. The minimum Gasteiger partial charge on any atom is -0.454 e. The van der Waals surface area contributed by atoms with Crippen molar-refractivity contribution >= 4 is 16.7 Å². The van der Waals surface area contributed by atoms with Crippen LogP contribution in [0.25, 0.3) is 10.8 Å². The van der Waals surface area contributed by atoms with Gasteiger partial charge >= 0.3 is 5.97 Å². The molecule has 1 aliphatic heterocycles. The fourth-order valence-corrected chi connectivity index (χ4v) is 2.44. The summed E-state index contributed by atoms with van der Waals surface area (Å²) < 4.78 is 16.7. The molecule has 1 aliphatic rings. The molecule has 0 aromatic heterocycles. The van der Waals surface area contributed by atoms with E-state index in [1.54, 1.807) is 6.92 Å². The quantitative estimate of drug-likeness (QED) is 0.644. The van der Waals surface area contributed by atoms with Gasteiger partial charge in [-0.15, -0.1) is 0 Å². The molecule has 4 nitrogen and oxygen atoms in total. The van der Waals surface area contributed by atoms with Crippen molar-refractivity contribution in [3.05, 3.63) is 60.2 Å². The molecule has 1 fully saturated rings. The van der Waals surface area contributed by atoms with E-state index in [-0.39, 0.29) is 0 Å². The SMILES string of the molecule is C=C(C)C(=O)OC1COC(c2cccc3ccccc23)OC1. The van der Waals surface area contributed by atoms with Gasteiger partial charge in [0.25, 0.3) is 0 Å². The highest BCUT2D eigenvalue weighted by molar-refractivity contribution is 5.87. The van der Waals surface area contributed by atoms with E-state index in [0.29, 0.717) is 18.8 Å². The van der Waals surface area contributed by atoms with Gasteiger partial charge in [0, 0.05) is 11.1 Å². The molecule has 1 heterocycles. The summed E-state index contributed by atoms with van der Waals surface area (Å²) in [5, 5.41) is 2.25. The van der Waals surface area contributed by atoms with Gasteiger partial charge in [0.05, 0.1) is 13.2 Å². The Morgan fingerprint density at radius 3 is 2.55 bits per heavy atom. The average Bonchev–Trinajstić information content (AvgIpc) is 2.55. The van der Waals surface area contributed by atoms with E-state index >= 15 is 0 Å². The van der Waals surface area contributed by atoms with Crippen molar-refractivity contribution in [2.24, 2.45) is 0 Å². The van der Waals surface area contributed by atoms with Crippen LogP contribution in [-0.2, 0) is 19.0 Å². The third-order valence-electron chi connectivity index (χ3n) is 3.57. The van der Waals surface area contributed by atoms with Crippen LogP contribution in [0.4, 0.5) is 0 Å². The van der Waals surface area contributed by atoms with E-state index in [9.17, 15) is 4.79 Å². The van der Waals surface area contributed by atoms with E-state index in [1.807, 2.05) is 30.3 Å². The molecule has 0 saturated carbocycles. The maximum atomic E-state index is 11.5. The van der Waals surface area contributed by atoms with E-state index in [0.717, 1.165) is 16.3 Å². The first kappa shape index (κ1) is 14.8. The van der Waals surface area contributed by atoms with Gasteiger partial charge in [-0.25, -0.2) is 4.79 Å². The third kappa shape index (κ3) is 3.03. The minimum absolute atomic E-state index is 0.312. The third-order valence-corrected chi connectivity index (χ3v) is 3.57. The van der Waals surface area contributed by atoms with E-state index in [2.05, 4.69) is 18.7 Å². The number of fused-ring (bicyclic) bond motifs is 1. The molecule has 1 saturated heterocycles. The second-order valence-electron chi connectivity index (χ2n) is 5.37. The summed E-state index contributed by atoms with van der Waals surface area (Å²) >= 11 is 0. The van der Waals surface area contributed by atoms with Crippen molar-refractivity contribution < 1.29 is 19.0 Å². The molecule has 0 aliphatic carbocycles. The molecular weight excluding hydrogens is 280 g/mol. The lowest BCUT2D eigenvalue weighted by atomic mass is 10.0. The number of hydrogen-bond acceptors (Lipinski definition) is 4. The van der Waals surface area contributed by atoms with Gasteiger partial charge in [-0.2, -0.15) is 0 Å². The average molecular weight is 298 g/mol. The van der Waals surface area contributed by atoms with Gasteiger partial charge in [-0.1, -0.05) is 49.0 Å². The molecule has 0 unspecified atom stereocenters. The number of ether oxygens (including phenoxy) is 3. The highest BCUT2D eigenvalue weighted by Crippen LogP contribution is 2.30. The van der Waals surface area contributed by atoms with Crippen molar-refractivity contribution in [1.29, 1.82) is 0 Å². The second kappa shape index (κ2) is 6.30. The second-order valence-corrected chi connectivity index (χ2v) is 5.37. The zero-order chi connectivity index (χ0) is 15.5. The van der Waals surface area contributed by atoms with Gasteiger partial charge in [-0.3, -0.25) is 0 Å². The van der Waals surface area contributed by atoms with Crippen LogP contribution < -0.4 is 0 Å². The normalized spacial score (nSPS) is 21.5. The minimum atomic E-state index is -0.439. The van der Waals surface area contributed by atoms with Crippen LogP contribution in [0.1, 0.15) is 18.8 Å². The first-order valence-corrected chi connectivity index (χ1v) is 7.22. The Labute approximate surface area is 129 Å². The van der Waals surface area contributed by atoms with Crippen LogP contribution in [0.2, 0.25) is 0 Å². The Hall–Kier alpha value is -2.17. The monoisotopic (exact) mass is 298 g/mol. The molecule has 2 aromatic rings. The topological polar surface area (TPSA) is 44.8 Å². The van der Waals surface area contributed by atoms with Gasteiger partial charge < -0.3 is 14.2 Å². The van der Waals surface area contributed by atoms with Crippen molar-refractivity contribution in [2.45, 2.75) is 19.3 Å². The smallest absolute Gasteiger partial charge is 0.333 e. The van der Waals surface area contributed by atoms with E-state index < -0.39 is 18.4 Å². The summed E-state index contributed by atoms with van der Waals surface area (Å²) in [7, 11) is 0. The van der Waals surface area contributed by atoms with Crippen LogP contribution in [-0.4, -0.2) is 25.3 Å². The first-order chi connectivity index (χ1) is 10.6. The van der Waals surface area contributed by atoms with Crippen molar-refractivity contribution in [3.8, 4) is 0 Å². The molecule has 0 N–H and O–H groups in total. The fraction of sp³-hybridized carbons (Fsp3) is 0.278. The molecule has 0 spiro atoms. The number of hydrogen-bond donors (Lipinski definition) is 0. The number of benzene rings is 2. The first-order valence-electron chi connectivity index (χ1n) is 7.22. The summed E-state index contributed by atoms with van der Waals surface area (Å²) in [6.07, 6.45) is -0.832. The molecule has 2 aromatic carbocycles. The Balaban J connectivity index is 1.71. The maximum Gasteiger partial charge on any atom is 0.333 e. The van der Waals surface area contributed by atoms with Crippen LogP contribution in [0.15, 0.2) is 54.6 Å². The molecule has 0 atom stereocenters. The molecule has 0 bridgehead atoms. The van der Waals surface area contributed by atoms with Crippen LogP contribution in [0.5, 0.6) is 0 Å². The molecule has 4 heteroatoms. The highest BCUT2D eigenvalue weighted by Gasteiger charge is 2.27. The molecule has 0 amide bonds. The van der Waals surface area contributed by atoms with Gasteiger partial charge in [-0.05, 0) is 17.7 Å². The van der Waals surface area contributed by atoms with Gasteiger partial charge in [0.15, 0.2) is 6.29 Å². The highest BCUT2D eigenvalue weighted by atomic mass is 16.7. The molecule has 22 heavy (non-hydrogen) atoms. The number of esters is 1. The van der Waals surface area contributed by atoms with Crippen LogP contribution in [0, 0.1) is 0 Å². The largest absolute Gasteiger partial charge is 0.454 e. The van der Waals surface area contributed by atoms with Gasteiger partial charge in [0.1, 0.15) is 6.10 Å². The van der Waals surface area contributed by atoms with Gasteiger partial charge in [0.2, 0.25) is 0 Å². The maximum absolute atomic E-state index is 11.5. The van der Waals surface area contributed by atoms with Crippen LogP contribution in [0.3, 0.4) is 0 Å². The summed E-state index contributed by atoms with van der Waals surface area (Å²) in [5.41, 5.74) is 1.36. The fourth-order valence-electron chi connectivity index (χ4n) is 2.44. The van der Waals surface area contributed by atoms with E-state index in [1.165, 1.54) is 0 Å². The summed E-state index contributed by atoms with van der Waals surface area (Å²) in [5.74, 6) is -0.416. The lowest BCUT2D eigenvalue weighted by Gasteiger charge is -2.30. The van der Waals surface area contributed by atoms with Crippen molar-refractivity contribution in [1.82, 2.24) is 0 Å².